The van der Waals surface area contributed by atoms with Crippen molar-refractivity contribution in [2.24, 2.45) is 5.41 Å². The van der Waals surface area contributed by atoms with Gasteiger partial charge in [-0.1, -0.05) is 32.9 Å². The molecular weight excluding hydrogens is 139 g/mol. The van der Waals surface area contributed by atoms with Gasteiger partial charge >= 0.3 is 7.12 Å². The zero-order chi connectivity index (χ0) is 8.48. The zero-order valence-electron chi connectivity index (χ0n) is 7.37. The van der Waals surface area contributed by atoms with Crippen LogP contribution in [0.15, 0.2) is 12.2 Å². The Kier molecular flexibility index (Phi) is 2.40. The van der Waals surface area contributed by atoms with Crippen LogP contribution in [0.5, 0.6) is 0 Å². The van der Waals surface area contributed by atoms with Crippen LogP contribution in [0.4, 0.5) is 0 Å². The normalized spacial score (nSPS) is 25.8. The van der Waals surface area contributed by atoms with Crippen LogP contribution < -0.4 is 0 Å². The van der Waals surface area contributed by atoms with Crippen LogP contribution in [0, 0.1) is 5.41 Å². The molecule has 1 atom stereocenters. The summed E-state index contributed by atoms with van der Waals surface area (Å²) in [5.41, 5.74) is 0.0813. The minimum Gasteiger partial charge on any atom is -0.427 e. The molecule has 0 fully saturated rings. The average Bonchev–Trinajstić information content (AvgIpc) is 1.86. The summed E-state index contributed by atoms with van der Waals surface area (Å²) in [7, 11) is -0.607. The van der Waals surface area contributed by atoms with E-state index < -0.39 is 7.12 Å². The zero-order valence-corrected chi connectivity index (χ0v) is 7.37. The van der Waals surface area contributed by atoms with Gasteiger partial charge in [-0.05, 0) is 5.41 Å². The Morgan fingerprint density at radius 2 is 2.18 bits per heavy atom. The molecule has 0 aromatic heterocycles. The van der Waals surface area contributed by atoms with Crippen molar-refractivity contribution in [1.29, 1.82) is 0 Å². The summed E-state index contributed by atoms with van der Waals surface area (Å²) in [6.07, 6.45) is 4.66. The maximum absolute atomic E-state index is 9.17. The Bertz CT molecular complexity index is 160. The molecule has 1 heterocycles. The van der Waals surface area contributed by atoms with Crippen LogP contribution in [0.3, 0.4) is 0 Å². The maximum Gasteiger partial charge on any atom is 0.458 e. The number of hydrogen-bond donors (Lipinski definition) is 1. The molecule has 1 N–H and O–H groups in total. The minimum atomic E-state index is -0.607. The Hall–Kier alpha value is -0.275. The summed E-state index contributed by atoms with van der Waals surface area (Å²) in [6, 6.07) is 0. The highest BCUT2D eigenvalue weighted by Crippen LogP contribution is 2.26. The summed E-state index contributed by atoms with van der Waals surface area (Å²) >= 11 is 0. The molecule has 0 aromatic carbocycles. The van der Waals surface area contributed by atoms with E-state index in [9.17, 15) is 0 Å². The van der Waals surface area contributed by atoms with E-state index in [-0.39, 0.29) is 11.5 Å². The first-order chi connectivity index (χ1) is 5.00. The largest absolute Gasteiger partial charge is 0.458 e. The van der Waals surface area contributed by atoms with Crippen molar-refractivity contribution in [2.75, 3.05) is 0 Å². The van der Waals surface area contributed by atoms with E-state index >= 15 is 0 Å². The van der Waals surface area contributed by atoms with E-state index in [1.807, 2.05) is 12.2 Å². The highest BCUT2D eigenvalue weighted by atomic mass is 16.5. The van der Waals surface area contributed by atoms with E-state index in [4.69, 9.17) is 9.68 Å². The highest BCUT2D eigenvalue weighted by Gasteiger charge is 2.29. The lowest BCUT2D eigenvalue weighted by Crippen LogP contribution is -2.36. The molecule has 3 heteroatoms. The van der Waals surface area contributed by atoms with Gasteiger partial charge in [0.15, 0.2) is 0 Å². The number of hydrogen-bond acceptors (Lipinski definition) is 2. The quantitative estimate of drug-likeness (QED) is 0.422. The van der Waals surface area contributed by atoms with E-state index in [0.29, 0.717) is 6.32 Å². The Balaban J connectivity index is 2.60. The second kappa shape index (κ2) is 2.99. The third-order valence-electron chi connectivity index (χ3n) is 1.81. The average molecular weight is 154 g/mol. The van der Waals surface area contributed by atoms with Crippen LogP contribution in [-0.4, -0.2) is 18.2 Å². The molecule has 0 spiro atoms. The third kappa shape index (κ3) is 2.35. The molecule has 0 aliphatic carbocycles. The molecule has 62 valence electrons. The molecule has 0 radical (unpaired) electrons. The Labute approximate surface area is 68.4 Å². The molecule has 2 nitrogen and oxygen atoms in total. The van der Waals surface area contributed by atoms with Gasteiger partial charge in [0.1, 0.15) is 0 Å². The van der Waals surface area contributed by atoms with Gasteiger partial charge in [0.05, 0.1) is 6.10 Å². The fraction of sp³-hybridized carbons (Fsp3) is 0.750. The topological polar surface area (TPSA) is 29.5 Å². The van der Waals surface area contributed by atoms with Crippen molar-refractivity contribution in [3.8, 4) is 0 Å². The van der Waals surface area contributed by atoms with Gasteiger partial charge in [0, 0.05) is 6.32 Å². The standard InChI is InChI=1S/C8H15BO2/c1-8(2,3)7-5-4-6-9(10)11-7/h4-5,7,10H,6H2,1-3H3. The van der Waals surface area contributed by atoms with Crippen molar-refractivity contribution in [3.05, 3.63) is 12.2 Å². The molecular formula is C8H15BO2. The molecule has 0 saturated heterocycles. The van der Waals surface area contributed by atoms with E-state index in [1.165, 1.54) is 0 Å². The fourth-order valence-electron chi connectivity index (χ4n) is 1.08. The molecule has 1 unspecified atom stereocenters. The van der Waals surface area contributed by atoms with Crippen LogP contribution in [0.2, 0.25) is 6.32 Å². The molecule has 0 saturated carbocycles. The van der Waals surface area contributed by atoms with Crippen molar-refractivity contribution < 1.29 is 9.68 Å². The first-order valence-electron chi connectivity index (χ1n) is 4.00. The predicted octanol–water partition coefficient (Wildman–Crippen LogP) is 1.47. The molecule has 0 bridgehead atoms. The van der Waals surface area contributed by atoms with Crippen LogP contribution in [-0.2, 0) is 4.65 Å². The summed E-state index contributed by atoms with van der Waals surface area (Å²) in [4.78, 5) is 0. The second-order valence-corrected chi connectivity index (χ2v) is 4.04. The van der Waals surface area contributed by atoms with E-state index in [1.54, 1.807) is 0 Å². The number of allylic oxidation sites excluding steroid dienone is 1. The van der Waals surface area contributed by atoms with Crippen LogP contribution in [0.1, 0.15) is 20.8 Å². The van der Waals surface area contributed by atoms with Gasteiger partial charge in [-0.15, -0.1) is 0 Å². The molecule has 1 rings (SSSR count). The minimum absolute atomic E-state index is 0.0475. The molecule has 11 heavy (non-hydrogen) atoms. The lowest BCUT2D eigenvalue weighted by Gasteiger charge is -2.31. The molecule has 1 aliphatic heterocycles. The van der Waals surface area contributed by atoms with E-state index in [2.05, 4.69) is 20.8 Å². The van der Waals surface area contributed by atoms with Gasteiger partial charge < -0.3 is 9.68 Å². The second-order valence-electron chi connectivity index (χ2n) is 4.04. The van der Waals surface area contributed by atoms with Crippen molar-refractivity contribution in [3.63, 3.8) is 0 Å². The molecule has 0 amide bonds. The van der Waals surface area contributed by atoms with Crippen molar-refractivity contribution in [2.45, 2.75) is 33.2 Å². The monoisotopic (exact) mass is 154 g/mol. The summed E-state index contributed by atoms with van der Waals surface area (Å²) in [6.45, 7) is 6.29. The Morgan fingerprint density at radius 3 is 2.55 bits per heavy atom. The van der Waals surface area contributed by atoms with Gasteiger partial charge in [-0.3, -0.25) is 0 Å². The number of rotatable bonds is 0. The summed E-state index contributed by atoms with van der Waals surface area (Å²) in [5.74, 6) is 0. The van der Waals surface area contributed by atoms with Crippen LogP contribution in [0.25, 0.3) is 0 Å². The fourth-order valence-corrected chi connectivity index (χ4v) is 1.08. The SMILES string of the molecule is CC(C)(C)C1C=CCB(O)O1. The van der Waals surface area contributed by atoms with E-state index in [0.717, 1.165) is 0 Å². The summed E-state index contributed by atoms with van der Waals surface area (Å²) < 4.78 is 5.32. The molecule has 1 aliphatic rings. The van der Waals surface area contributed by atoms with Crippen molar-refractivity contribution in [1.82, 2.24) is 0 Å². The Morgan fingerprint density at radius 1 is 1.55 bits per heavy atom. The predicted molar refractivity (Wildman–Crippen MR) is 46.2 cm³/mol. The van der Waals surface area contributed by atoms with Gasteiger partial charge in [-0.25, -0.2) is 0 Å². The van der Waals surface area contributed by atoms with Gasteiger partial charge in [0.25, 0.3) is 0 Å². The van der Waals surface area contributed by atoms with Crippen molar-refractivity contribution >= 4 is 7.12 Å². The lowest BCUT2D eigenvalue weighted by molar-refractivity contribution is 0.101. The third-order valence-corrected chi connectivity index (χ3v) is 1.81. The smallest absolute Gasteiger partial charge is 0.427 e. The lowest BCUT2D eigenvalue weighted by atomic mass is 9.78. The van der Waals surface area contributed by atoms with Crippen LogP contribution >= 0.6 is 0 Å². The first-order valence-corrected chi connectivity index (χ1v) is 4.00. The highest BCUT2D eigenvalue weighted by molar-refractivity contribution is 6.43. The first kappa shape index (κ1) is 8.82. The summed E-state index contributed by atoms with van der Waals surface area (Å²) in [5, 5.41) is 9.17. The van der Waals surface area contributed by atoms with Gasteiger partial charge in [-0.2, -0.15) is 0 Å². The molecule has 0 aromatic rings. The maximum atomic E-state index is 9.17. The van der Waals surface area contributed by atoms with Gasteiger partial charge in [0.2, 0.25) is 0 Å².